The summed E-state index contributed by atoms with van der Waals surface area (Å²) in [4.78, 5) is 77.1. The molecule has 6 N–H and O–H groups in total. The molecule has 74 heavy (non-hydrogen) atoms. The third-order valence-electron chi connectivity index (χ3n) is 9.34. The maximum absolute atomic E-state index is 13.3. The van der Waals surface area contributed by atoms with E-state index in [2.05, 4.69) is 21.3 Å². The third kappa shape index (κ3) is 24.2. The lowest BCUT2D eigenvalue weighted by atomic mass is 10.1. The number of phenolic OH excluding ortho intramolecular Hbond substituents is 1. The number of phenols is 1. The molecule has 0 spiro atoms. The van der Waals surface area contributed by atoms with E-state index < -0.39 is 42.0 Å². The Balaban J connectivity index is 0.00000192. The van der Waals surface area contributed by atoms with Gasteiger partial charge in [0.1, 0.15) is 12.2 Å². The number of benzene rings is 3. The van der Waals surface area contributed by atoms with Gasteiger partial charge in [-0.3, -0.25) is 20.2 Å². The molecule has 0 fully saturated rings. The van der Waals surface area contributed by atoms with Gasteiger partial charge in [-0.05, 0) is 102 Å². The number of para-hydroxylation sites is 1. The minimum Gasteiger partial charge on any atom is -0.504 e. The molecule has 4 rings (SSSR count). The first-order valence-electron chi connectivity index (χ1n) is 23.0. The zero-order chi connectivity index (χ0) is 54.5. The van der Waals surface area contributed by atoms with Crippen molar-refractivity contribution in [1.82, 2.24) is 15.1 Å². The number of rotatable bonds is 29. The number of carboxylic acids is 1. The zero-order valence-electron chi connectivity index (χ0n) is 41.7. The van der Waals surface area contributed by atoms with Crippen molar-refractivity contribution in [2.45, 2.75) is 25.9 Å². The number of hydrogen-bond acceptors (Lipinski definition) is 18. The summed E-state index contributed by atoms with van der Waals surface area (Å²) in [5, 5.41) is 29.2. The van der Waals surface area contributed by atoms with Crippen molar-refractivity contribution in [3.63, 3.8) is 0 Å². The molecule has 0 saturated heterocycles. The van der Waals surface area contributed by atoms with E-state index in [4.69, 9.17) is 43.1 Å². The summed E-state index contributed by atoms with van der Waals surface area (Å²) in [6, 6.07) is 18.3. The van der Waals surface area contributed by atoms with E-state index in [1.807, 2.05) is 68.3 Å². The van der Waals surface area contributed by atoms with Gasteiger partial charge in [-0.25, -0.2) is 19.2 Å². The summed E-state index contributed by atoms with van der Waals surface area (Å²) in [5.74, 6) is -4.30. The molecule has 1 aliphatic heterocycles. The molecule has 21 nitrogen and oxygen atoms in total. The van der Waals surface area contributed by atoms with Crippen LogP contribution >= 0.6 is 11.8 Å². The highest BCUT2D eigenvalue weighted by Gasteiger charge is 2.38. The summed E-state index contributed by atoms with van der Waals surface area (Å²) in [7, 11) is 7.69. The van der Waals surface area contributed by atoms with Crippen LogP contribution in [0.1, 0.15) is 35.7 Å². The Bertz CT molecular complexity index is 2320. The molecule has 0 aliphatic carbocycles. The van der Waals surface area contributed by atoms with Gasteiger partial charge in [0, 0.05) is 42.3 Å². The SMILES string of the molecule is CCOC(=O)C1=C(Nc2ccccc2)S/C(=C\c2ccc(OCCOCCOCCOCCNC(=O)c3cc(NC(=O)OCCCN(C)C)cc(NC(=O)OCCCN(C)C)c3)c(O)c2)C1=O.O=C(O)C(F)(F)F. The molecule has 0 saturated carbocycles. The van der Waals surface area contributed by atoms with Crippen LogP contribution in [0.3, 0.4) is 0 Å². The molecule has 3 aromatic rings. The van der Waals surface area contributed by atoms with Crippen LogP contribution in [-0.4, -0.2) is 176 Å². The number of ether oxygens (including phenoxy) is 7. The summed E-state index contributed by atoms with van der Waals surface area (Å²) in [6.45, 7) is 5.62. The largest absolute Gasteiger partial charge is 0.504 e. The van der Waals surface area contributed by atoms with Crippen molar-refractivity contribution in [2.24, 2.45) is 0 Å². The second-order valence-corrected chi connectivity index (χ2v) is 17.0. The lowest BCUT2D eigenvalue weighted by molar-refractivity contribution is -0.192. The number of Topliss-reactive ketones (excluding diaryl/α,β-unsaturated/α-hetero) is 1. The van der Waals surface area contributed by atoms with Crippen LogP contribution in [0.4, 0.5) is 39.8 Å². The van der Waals surface area contributed by atoms with Gasteiger partial charge in [0.25, 0.3) is 5.91 Å². The van der Waals surface area contributed by atoms with Crippen LogP contribution in [-0.2, 0) is 42.8 Å². The van der Waals surface area contributed by atoms with Gasteiger partial charge in [-0.15, -0.1) is 0 Å². The quantitative estimate of drug-likeness (QED) is 0.0144. The van der Waals surface area contributed by atoms with Crippen molar-refractivity contribution in [1.29, 1.82) is 0 Å². The first-order valence-corrected chi connectivity index (χ1v) is 23.9. The second-order valence-electron chi connectivity index (χ2n) is 16.0. The lowest BCUT2D eigenvalue weighted by Crippen LogP contribution is -2.28. The molecule has 3 amide bonds. The fourth-order valence-corrected chi connectivity index (χ4v) is 7.01. The zero-order valence-corrected chi connectivity index (χ0v) is 42.5. The molecular formula is C49H63F3N6O15S. The van der Waals surface area contributed by atoms with E-state index in [-0.39, 0.29) is 86.8 Å². The number of carbonyl (C=O) groups excluding carboxylic acids is 5. The second kappa shape index (κ2) is 33.0. The first-order chi connectivity index (χ1) is 35.3. The molecule has 25 heteroatoms. The van der Waals surface area contributed by atoms with E-state index in [1.165, 1.54) is 24.3 Å². The van der Waals surface area contributed by atoms with Gasteiger partial charge >= 0.3 is 30.3 Å². The summed E-state index contributed by atoms with van der Waals surface area (Å²) < 4.78 is 69.8. The number of nitrogens with zero attached hydrogens (tertiary/aromatic N) is 2. The molecule has 3 aromatic carbocycles. The molecule has 0 atom stereocenters. The molecule has 0 aromatic heterocycles. The first kappa shape index (κ1) is 61.4. The van der Waals surface area contributed by atoms with E-state index in [1.54, 1.807) is 25.1 Å². The smallest absolute Gasteiger partial charge is 0.490 e. The minimum absolute atomic E-state index is 0.0794. The number of aliphatic carboxylic acids is 1. The van der Waals surface area contributed by atoms with Crippen molar-refractivity contribution in [3.05, 3.63) is 93.4 Å². The van der Waals surface area contributed by atoms with Gasteiger partial charge in [0.2, 0.25) is 5.78 Å². The number of carbonyl (C=O) groups is 6. The molecule has 1 aliphatic rings. The summed E-state index contributed by atoms with van der Waals surface area (Å²) >= 11 is 1.11. The lowest BCUT2D eigenvalue weighted by Gasteiger charge is -2.14. The Kier molecular flexibility index (Phi) is 27.4. The molecule has 0 bridgehead atoms. The third-order valence-corrected chi connectivity index (χ3v) is 10.4. The molecular weight excluding hydrogens is 1000 g/mol. The van der Waals surface area contributed by atoms with Gasteiger partial charge in [-0.2, -0.15) is 13.2 Å². The number of amides is 3. The van der Waals surface area contributed by atoms with Gasteiger partial charge in [-0.1, -0.05) is 36.0 Å². The van der Waals surface area contributed by atoms with Crippen molar-refractivity contribution < 1.29 is 85.3 Å². The van der Waals surface area contributed by atoms with Gasteiger partial charge in [0.15, 0.2) is 11.5 Å². The van der Waals surface area contributed by atoms with E-state index in [9.17, 15) is 42.3 Å². The molecule has 0 unspecified atom stereocenters. The standard InChI is InChI=1S/C47H62N6O13S.C2HF3O2/c1-6-63-45(57)41-42(55)40(67-44(41)49-35-12-8-7-9-13-35)29-33-14-15-39(38(54)28-33)64-27-26-62-25-24-61-23-22-60-21-16-48-43(56)34-30-36(50-46(58)65-19-10-17-52(2)3)32-37(31-34)51-47(59)66-20-11-18-53(4)5;3-2(4,5)1(6)7/h7-9,12-15,28-32,49,54H,6,10-11,16-27H2,1-5H3,(H,48,56)(H,50,58)(H,51,59);(H,6,7)/b40-29-;. The Morgan fingerprint density at radius 2 is 1.24 bits per heavy atom. The Hall–Kier alpha value is -6.90. The highest BCUT2D eigenvalue weighted by molar-refractivity contribution is 8.08. The van der Waals surface area contributed by atoms with Crippen LogP contribution < -0.4 is 26.0 Å². The molecule has 406 valence electrons. The van der Waals surface area contributed by atoms with Crippen LogP contribution in [0.5, 0.6) is 11.5 Å². The van der Waals surface area contributed by atoms with Crippen molar-refractivity contribution in [2.75, 3.05) is 130 Å². The van der Waals surface area contributed by atoms with E-state index >= 15 is 0 Å². The predicted molar refractivity (Wildman–Crippen MR) is 269 cm³/mol. The van der Waals surface area contributed by atoms with Crippen molar-refractivity contribution >= 4 is 70.7 Å². The van der Waals surface area contributed by atoms with E-state index in [0.29, 0.717) is 53.8 Å². The van der Waals surface area contributed by atoms with Crippen LogP contribution in [0.2, 0.25) is 0 Å². The predicted octanol–water partition coefficient (Wildman–Crippen LogP) is 6.43. The number of esters is 1. The number of ketones is 1. The Morgan fingerprint density at radius 1 is 0.703 bits per heavy atom. The molecule has 1 heterocycles. The summed E-state index contributed by atoms with van der Waals surface area (Å²) in [5.41, 5.74) is 1.83. The number of aromatic hydroxyl groups is 1. The number of hydrogen-bond donors (Lipinski definition) is 6. The fourth-order valence-electron chi connectivity index (χ4n) is 5.95. The van der Waals surface area contributed by atoms with Crippen LogP contribution in [0.25, 0.3) is 6.08 Å². The number of allylic oxidation sites excluding steroid dienone is 1. The Morgan fingerprint density at radius 3 is 1.76 bits per heavy atom. The maximum atomic E-state index is 13.3. The topological polar surface area (TPSA) is 262 Å². The number of halogens is 3. The number of thioether (sulfide) groups is 1. The van der Waals surface area contributed by atoms with Crippen molar-refractivity contribution in [3.8, 4) is 11.5 Å². The summed E-state index contributed by atoms with van der Waals surface area (Å²) in [6.07, 6.45) is -3.60. The number of nitrogens with one attached hydrogen (secondary N) is 4. The van der Waals surface area contributed by atoms with Crippen LogP contribution in [0, 0.1) is 0 Å². The Labute approximate surface area is 430 Å². The minimum atomic E-state index is -5.08. The van der Waals surface area contributed by atoms with Gasteiger partial charge in [0.05, 0.1) is 69.4 Å². The molecule has 0 radical (unpaired) electrons. The fraction of sp³-hybridized carbons (Fsp3) is 0.429. The van der Waals surface area contributed by atoms with Gasteiger partial charge < -0.3 is 63.8 Å². The highest BCUT2D eigenvalue weighted by Crippen LogP contribution is 2.41. The number of anilines is 3. The highest BCUT2D eigenvalue weighted by atomic mass is 32.2. The monoisotopic (exact) mass is 1060 g/mol. The van der Waals surface area contributed by atoms with Crippen LogP contribution in [0.15, 0.2) is 82.2 Å². The van der Waals surface area contributed by atoms with E-state index in [0.717, 1.165) is 24.9 Å². The normalized spacial score (nSPS) is 12.8. The average molecular weight is 1070 g/mol. The maximum Gasteiger partial charge on any atom is 0.490 e. The number of alkyl halides is 3. The number of carboxylic acid groups (broad SMARTS) is 1. The average Bonchev–Trinajstić information content (AvgIpc) is 3.64.